The van der Waals surface area contributed by atoms with Crippen LogP contribution < -0.4 is 0 Å². The van der Waals surface area contributed by atoms with E-state index in [1.807, 2.05) is 11.8 Å². The summed E-state index contributed by atoms with van der Waals surface area (Å²) in [5, 5.41) is 10.6. The van der Waals surface area contributed by atoms with E-state index in [2.05, 4.69) is 13.8 Å². The molecule has 1 N–H and O–H groups in total. The molecule has 0 aromatic carbocycles. The Kier molecular flexibility index (Phi) is 4.23. The molecule has 1 nitrogen and oxygen atoms in total. The Labute approximate surface area is 104 Å². The third kappa shape index (κ3) is 2.59. The molecule has 4 atom stereocenters. The molecule has 94 valence electrons. The molecule has 1 saturated heterocycles. The number of hydrogen-bond acceptors (Lipinski definition) is 2. The van der Waals surface area contributed by atoms with Crippen molar-refractivity contribution in [2.45, 2.75) is 69.6 Å². The van der Waals surface area contributed by atoms with Gasteiger partial charge in [-0.05, 0) is 50.2 Å². The van der Waals surface area contributed by atoms with E-state index < -0.39 is 0 Å². The molecular weight excluding hydrogens is 216 g/mol. The number of hydrogen-bond donors (Lipinski definition) is 1. The smallest absolute Gasteiger partial charge is 0.0712 e. The molecule has 0 aromatic heterocycles. The Morgan fingerprint density at radius 2 is 2.19 bits per heavy atom. The van der Waals surface area contributed by atoms with Crippen LogP contribution in [0.15, 0.2) is 0 Å². The fourth-order valence-corrected chi connectivity index (χ4v) is 4.93. The standard InChI is InChI=1S/C14H26OS/c1-3-11-6-4-7-12(10-11)13(15)14(2)8-5-9-16-14/h11-13,15H,3-10H2,1-2H3. The second-order valence-corrected chi connectivity index (χ2v) is 7.54. The molecule has 2 fully saturated rings. The minimum atomic E-state index is -0.0608. The van der Waals surface area contributed by atoms with Crippen molar-refractivity contribution in [2.24, 2.45) is 11.8 Å². The van der Waals surface area contributed by atoms with Crippen LogP contribution in [0.2, 0.25) is 0 Å². The first kappa shape index (κ1) is 12.8. The first-order chi connectivity index (χ1) is 7.65. The SMILES string of the molecule is CCC1CCCC(C(O)C2(C)CCCS2)C1. The average Bonchev–Trinajstić information content (AvgIpc) is 2.76. The Balaban J connectivity index is 1.95. The van der Waals surface area contributed by atoms with Crippen LogP contribution in [-0.2, 0) is 0 Å². The molecule has 0 spiro atoms. The summed E-state index contributed by atoms with van der Waals surface area (Å²) < 4.78 is 0.167. The van der Waals surface area contributed by atoms with E-state index in [0.29, 0.717) is 5.92 Å². The van der Waals surface area contributed by atoms with E-state index in [4.69, 9.17) is 0 Å². The van der Waals surface area contributed by atoms with Crippen LogP contribution >= 0.6 is 11.8 Å². The van der Waals surface area contributed by atoms with Crippen molar-refractivity contribution in [3.05, 3.63) is 0 Å². The molecule has 1 aliphatic heterocycles. The molecule has 2 rings (SSSR count). The Hall–Kier alpha value is 0.310. The van der Waals surface area contributed by atoms with Gasteiger partial charge in [-0.1, -0.05) is 26.2 Å². The molecule has 4 unspecified atom stereocenters. The highest BCUT2D eigenvalue weighted by Crippen LogP contribution is 2.46. The monoisotopic (exact) mass is 242 g/mol. The molecule has 1 aliphatic carbocycles. The Bertz CT molecular complexity index is 223. The zero-order chi connectivity index (χ0) is 11.6. The summed E-state index contributed by atoms with van der Waals surface area (Å²) in [7, 11) is 0. The highest BCUT2D eigenvalue weighted by atomic mass is 32.2. The fraction of sp³-hybridized carbons (Fsp3) is 1.00. The highest BCUT2D eigenvalue weighted by Gasteiger charge is 2.41. The van der Waals surface area contributed by atoms with Crippen LogP contribution in [0.4, 0.5) is 0 Å². The lowest BCUT2D eigenvalue weighted by Crippen LogP contribution is -2.41. The molecule has 2 heteroatoms. The lowest BCUT2D eigenvalue weighted by molar-refractivity contribution is 0.0404. The quantitative estimate of drug-likeness (QED) is 0.811. The van der Waals surface area contributed by atoms with Crippen LogP contribution in [0.5, 0.6) is 0 Å². The molecule has 0 bridgehead atoms. The molecular formula is C14H26OS. The Morgan fingerprint density at radius 1 is 1.38 bits per heavy atom. The van der Waals surface area contributed by atoms with Crippen molar-refractivity contribution >= 4 is 11.8 Å². The van der Waals surface area contributed by atoms with Crippen molar-refractivity contribution in [1.29, 1.82) is 0 Å². The summed E-state index contributed by atoms with van der Waals surface area (Å²) in [5.74, 6) is 2.70. The maximum atomic E-state index is 10.6. The van der Waals surface area contributed by atoms with Gasteiger partial charge in [0.15, 0.2) is 0 Å². The van der Waals surface area contributed by atoms with Gasteiger partial charge in [0, 0.05) is 4.75 Å². The molecule has 2 aliphatic rings. The summed E-state index contributed by atoms with van der Waals surface area (Å²) in [4.78, 5) is 0. The molecule has 1 saturated carbocycles. The molecule has 1 heterocycles. The van der Waals surface area contributed by atoms with Crippen molar-refractivity contribution < 1.29 is 5.11 Å². The normalized spacial score (nSPS) is 42.2. The van der Waals surface area contributed by atoms with Crippen molar-refractivity contribution in [3.8, 4) is 0 Å². The number of aliphatic hydroxyl groups excluding tert-OH is 1. The van der Waals surface area contributed by atoms with Gasteiger partial charge in [0.1, 0.15) is 0 Å². The number of rotatable bonds is 3. The first-order valence-electron chi connectivity index (χ1n) is 6.97. The van der Waals surface area contributed by atoms with Crippen molar-refractivity contribution in [1.82, 2.24) is 0 Å². The molecule has 0 aromatic rings. The van der Waals surface area contributed by atoms with Gasteiger partial charge in [0.25, 0.3) is 0 Å². The van der Waals surface area contributed by atoms with Crippen LogP contribution in [-0.4, -0.2) is 21.7 Å². The maximum Gasteiger partial charge on any atom is 0.0712 e. The summed E-state index contributed by atoms with van der Waals surface area (Å²) >= 11 is 2.01. The van der Waals surface area contributed by atoms with Gasteiger partial charge in [0.2, 0.25) is 0 Å². The van der Waals surface area contributed by atoms with Gasteiger partial charge in [-0.15, -0.1) is 0 Å². The molecule has 0 amide bonds. The van der Waals surface area contributed by atoms with Crippen molar-refractivity contribution in [2.75, 3.05) is 5.75 Å². The van der Waals surface area contributed by atoms with E-state index in [1.54, 1.807) is 0 Å². The average molecular weight is 242 g/mol. The van der Waals surface area contributed by atoms with E-state index in [1.165, 1.54) is 50.7 Å². The zero-order valence-corrected chi connectivity index (χ0v) is 11.6. The van der Waals surface area contributed by atoms with Gasteiger partial charge in [-0.25, -0.2) is 0 Å². The summed E-state index contributed by atoms with van der Waals surface area (Å²) in [6, 6.07) is 0. The maximum absolute atomic E-state index is 10.6. The first-order valence-corrected chi connectivity index (χ1v) is 7.96. The Morgan fingerprint density at radius 3 is 2.81 bits per heavy atom. The van der Waals surface area contributed by atoms with Crippen molar-refractivity contribution in [3.63, 3.8) is 0 Å². The topological polar surface area (TPSA) is 20.2 Å². The second kappa shape index (κ2) is 5.30. The minimum absolute atomic E-state index is 0.0608. The molecule has 16 heavy (non-hydrogen) atoms. The second-order valence-electron chi connectivity index (χ2n) is 5.91. The molecule has 0 radical (unpaired) electrons. The predicted octanol–water partition coefficient (Wildman–Crippen LogP) is 3.85. The third-order valence-corrected chi connectivity index (χ3v) is 6.32. The van der Waals surface area contributed by atoms with Gasteiger partial charge in [-0.2, -0.15) is 11.8 Å². The lowest BCUT2D eigenvalue weighted by Gasteiger charge is -2.39. The van der Waals surface area contributed by atoms with Gasteiger partial charge >= 0.3 is 0 Å². The van der Waals surface area contributed by atoms with E-state index in [0.717, 1.165) is 5.92 Å². The van der Waals surface area contributed by atoms with Gasteiger partial charge in [0.05, 0.1) is 6.10 Å². The van der Waals surface area contributed by atoms with Crippen LogP contribution in [0.25, 0.3) is 0 Å². The van der Waals surface area contributed by atoms with Crippen LogP contribution in [0.3, 0.4) is 0 Å². The van der Waals surface area contributed by atoms with E-state index in [-0.39, 0.29) is 10.9 Å². The summed E-state index contributed by atoms with van der Waals surface area (Å²) in [6.45, 7) is 4.58. The minimum Gasteiger partial charge on any atom is -0.391 e. The largest absolute Gasteiger partial charge is 0.391 e. The highest BCUT2D eigenvalue weighted by molar-refractivity contribution is 8.00. The van der Waals surface area contributed by atoms with E-state index >= 15 is 0 Å². The number of aliphatic hydroxyl groups is 1. The lowest BCUT2D eigenvalue weighted by atomic mass is 9.74. The van der Waals surface area contributed by atoms with Crippen LogP contribution in [0.1, 0.15) is 58.8 Å². The predicted molar refractivity (Wildman–Crippen MR) is 71.8 cm³/mol. The summed E-state index contributed by atoms with van der Waals surface area (Å²) in [6.07, 6.45) is 9.00. The number of thioether (sulfide) groups is 1. The third-order valence-electron chi connectivity index (χ3n) is 4.72. The van der Waals surface area contributed by atoms with Gasteiger partial charge < -0.3 is 5.11 Å². The van der Waals surface area contributed by atoms with Crippen LogP contribution in [0, 0.1) is 11.8 Å². The fourth-order valence-electron chi connectivity index (χ4n) is 3.52. The van der Waals surface area contributed by atoms with E-state index in [9.17, 15) is 5.11 Å². The van der Waals surface area contributed by atoms with Gasteiger partial charge in [-0.3, -0.25) is 0 Å². The zero-order valence-electron chi connectivity index (χ0n) is 10.7. The summed E-state index contributed by atoms with van der Waals surface area (Å²) in [5.41, 5.74) is 0.